The van der Waals surface area contributed by atoms with E-state index in [9.17, 15) is 5.11 Å². The summed E-state index contributed by atoms with van der Waals surface area (Å²) >= 11 is 0. The van der Waals surface area contributed by atoms with Gasteiger partial charge in [0.2, 0.25) is 5.79 Å². The first-order valence-corrected chi connectivity index (χ1v) is 13.0. The summed E-state index contributed by atoms with van der Waals surface area (Å²) < 4.78 is 14.4. The normalized spacial score (nSPS) is 28.9. The summed E-state index contributed by atoms with van der Waals surface area (Å²) in [5, 5.41) is 16.2. The maximum absolute atomic E-state index is 11.5. The molecule has 1 fully saturated rings. The largest absolute Gasteiger partial charge is 0.446 e. The number of fused-ring (bicyclic) bond motifs is 13. The Balaban J connectivity index is 1.42. The highest BCUT2D eigenvalue weighted by molar-refractivity contribution is 6.16. The van der Waals surface area contributed by atoms with Crippen LogP contribution in [-0.2, 0) is 10.2 Å². The highest BCUT2D eigenvalue weighted by Gasteiger charge is 2.75. The summed E-state index contributed by atoms with van der Waals surface area (Å²) in [4.78, 5) is 4.86. The van der Waals surface area contributed by atoms with Gasteiger partial charge in [-0.2, -0.15) is 0 Å². The summed E-state index contributed by atoms with van der Waals surface area (Å²) in [7, 11) is 1.60. The van der Waals surface area contributed by atoms with E-state index in [2.05, 4.69) is 92.1 Å². The molecule has 0 spiro atoms. The van der Waals surface area contributed by atoms with Gasteiger partial charge in [0.25, 0.3) is 12.6 Å². The van der Waals surface area contributed by atoms with Crippen molar-refractivity contribution in [2.24, 2.45) is 4.99 Å². The Bertz CT molecular complexity index is 1730. The molecule has 1 aliphatic carbocycles. The van der Waals surface area contributed by atoms with Crippen molar-refractivity contribution in [2.75, 3.05) is 7.11 Å². The van der Waals surface area contributed by atoms with Crippen LogP contribution in [0.15, 0.2) is 71.7 Å². The summed E-state index contributed by atoms with van der Waals surface area (Å²) in [5.41, 5.74) is 5.97. The Morgan fingerprint density at radius 2 is 1.73 bits per heavy atom. The number of ether oxygens (including phenoxy) is 2. The summed E-state index contributed by atoms with van der Waals surface area (Å²) in [6.45, 7) is 6.74. The zero-order valence-corrected chi connectivity index (χ0v) is 21.4. The molecular formula is C32H29N2O3+. The predicted octanol–water partition coefficient (Wildman–Crippen LogP) is 5.45. The average Bonchev–Trinajstić information content (AvgIpc) is 3.35. The number of rotatable bonds is 1. The maximum Gasteiger partial charge on any atom is 0.293 e. The van der Waals surface area contributed by atoms with E-state index in [1.807, 2.05) is 6.34 Å². The zero-order chi connectivity index (χ0) is 25.3. The molecule has 37 heavy (non-hydrogen) atoms. The molecule has 3 heterocycles. The van der Waals surface area contributed by atoms with Gasteiger partial charge in [-0.05, 0) is 37.7 Å². The number of benzene rings is 4. The predicted molar refractivity (Wildman–Crippen MR) is 145 cm³/mol. The van der Waals surface area contributed by atoms with Gasteiger partial charge in [0.15, 0.2) is 6.04 Å². The van der Waals surface area contributed by atoms with Crippen molar-refractivity contribution in [1.29, 1.82) is 0 Å². The van der Waals surface area contributed by atoms with Crippen molar-refractivity contribution in [3.8, 4) is 5.75 Å². The molecular weight excluding hydrogens is 460 g/mol. The molecule has 0 aromatic heterocycles. The lowest BCUT2D eigenvalue weighted by molar-refractivity contribution is -0.444. The van der Waals surface area contributed by atoms with Crippen LogP contribution in [0.2, 0.25) is 0 Å². The number of aliphatic hydroxyl groups is 1. The standard InChI is InChI=1S/C32H29N2O3/c1-31(2,3)19-11-14-20-18(15-19)10-12-22-24(20)27-25-23-13-9-17-7-5-6-8-21(17)28(23)37-30(25)33-16-34(27)29-26(22)32(29,35)36-4/h5-16,25-26,29-30,35H,1-4H3/q+1. The lowest BCUT2D eigenvalue weighted by Gasteiger charge is -2.27. The van der Waals surface area contributed by atoms with Gasteiger partial charge in [-0.3, -0.25) is 0 Å². The van der Waals surface area contributed by atoms with Gasteiger partial charge in [-0.1, -0.05) is 87.5 Å². The van der Waals surface area contributed by atoms with E-state index in [0.29, 0.717) is 0 Å². The van der Waals surface area contributed by atoms with Gasteiger partial charge >= 0.3 is 0 Å². The van der Waals surface area contributed by atoms with Crippen LogP contribution >= 0.6 is 0 Å². The third kappa shape index (κ3) is 2.66. The number of hydrogen-bond donors (Lipinski definition) is 1. The van der Waals surface area contributed by atoms with E-state index in [1.165, 1.54) is 21.9 Å². The molecule has 0 amide bonds. The molecule has 4 aromatic carbocycles. The average molecular weight is 490 g/mol. The molecule has 4 aromatic rings. The number of aliphatic imine (C=N–C) groups is 1. The van der Waals surface area contributed by atoms with Crippen LogP contribution in [0.1, 0.15) is 54.9 Å². The van der Waals surface area contributed by atoms with Crippen LogP contribution in [0.3, 0.4) is 0 Å². The molecule has 0 radical (unpaired) electrons. The number of hydrogen-bond acceptors (Lipinski definition) is 4. The Labute approximate surface area is 215 Å². The van der Waals surface area contributed by atoms with Gasteiger partial charge in [-0.25, -0.2) is 4.58 Å². The van der Waals surface area contributed by atoms with Crippen LogP contribution in [0.4, 0.5) is 0 Å². The number of nitrogens with zero attached hydrogens (tertiary/aromatic N) is 2. The first-order chi connectivity index (χ1) is 17.8. The van der Waals surface area contributed by atoms with Crippen molar-refractivity contribution in [3.63, 3.8) is 0 Å². The van der Waals surface area contributed by atoms with Crippen LogP contribution in [0.5, 0.6) is 5.75 Å². The molecule has 184 valence electrons. The second-order valence-corrected chi connectivity index (χ2v) is 11.8. The molecule has 1 saturated carbocycles. The fourth-order valence-electron chi connectivity index (χ4n) is 6.94. The lowest BCUT2D eigenvalue weighted by Crippen LogP contribution is -2.41. The maximum atomic E-state index is 11.5. The molecule has 4 aliphatic rings. The molecule has 3 aliphatic heterocycles. The van der Waals surface area contributed by atoms with Crippen molar-refractivity contribution in [2.45, 2.75) is 56.1 Å². The molecule has 0 bridgehead atoms. The highest BCUT2D eigenvalue weighted by atomic mass is 16.6. The van der Waals surface area contributed by atoms with Crippen molar-refractivity contribution in [1.82, 2.24) is 0 Å². The van der Waals surface area contributed by atoms with E-state index in [-0.39, 0.29) is 29.5 Å². The minimum absolute atomic E-state index is 0.0586. The van der Waals surface area contributed by atoms with Crippen LogP contribution in [0.25, 0.3) is 21.5 Å². The van der Waals surface area contributed by atoms with Gasteiger partial charge in [0, 0.05) is 23.6 Å². The minimum Gasteiger partial charge on any atom is -0.446 e. The van der Waals surface area contributed by atoms with E-state index in [1.54, 1.807) is 7.11 Å². The van der Waals surface area contributed by atoms with Crippen molar-refractivity contribution < 1.29 is 19.2 Å². The quantitative estimate of drug-likeness (QED) is 0.286. The van der Waals surface area contributed by atoms with E-state index in [0.717, 1.165) is 33.4 Å². The Morgan fingerprint density at radius 1 is 0.946 bits per heavy atom. The highest BCUT2D eigenvalue weighted by Crippen LogP contribution is 2.60. The molecule has 5 nitrogen and oxygen atoms in total. The lowest BCUT2D eigenvalue weighted by atomic mass is 9.80. The monoisotopic (exact) mass is 489 g/mol. The van der Waals surface area contributed by atoms with Crippen molar-refractivity contribution >= 4 is 33.6 Å². The third-order valence-corrected chi connectivity index (χ3v) is 8.89. The smallest absolute Gasteiger partial charge is 0.293 e. The molecule has 5 atom stereocenters. The van der Waals surface area contributed by atoms with Crippen LogP contribution in [0, 0.1) is 0 Å². The SMILES string of the molecule is COC1(O)C2c3ccc4cc(C(C)(C)C)ccc4c3C3=[N+](C=NC4Oc5c(ccc6ccccc56)C34)C21. The van der Waals surface area contributed by atoms with Crippen molar-refractivity contribution in [3.05, 3.63) is 89.0 Å². The van der Waals surface area contributed by atoms with Crippen LogP contribution in [-0.4, -0.2) is 46.9 Å². The fourth-order valence-corrected chi connectivity index (χ4v) is 6.94. The van der Waals surface area contributed by atoms with E-state index < -0.39 is 5.79 Å². The van der Waals surface area contributed by atoms with Gasteiger partial charge in [0.05, 0.1) is 5.92 Å². The second-order valence-electron chi connectivity index (χ2n) is 11.8. The van der Waals surface area contributed by atoms with E-state index >= 15 is 0 Å². The molecule has 1 N–H and O–H groups in total. The molecule has 5 heteroatoms. The van der Waals surface area contributed by atoms with Crippen LogP contribution < -0.4 is 4.74 Å². The molecule has 5 unspecified atom stereocenters. The number of methoxy groups -OCH3 is 1. The molecule has 8 rings (SSSR count). The summed E-state index contributed by atoms with van der Waals surface area (Å²) in [5.74, 6) is -0.542. The van der Waals surface area contributed by atoms with Gasteiger partial charge in [-0.15, -0.1) is 0 Å². The molecule has 0 saturated heterocycles. The topological polar surface area (TPSA) is 54.1 Å². The first kappa shape index (κ1) is 21.5. The third-order valence-electron chi connectivity index (χ3n) is 8.89. The summed E-state index contributed by atoms with van der Waals surface area (Å²) in [6.07, 6.45) is 1.53. The Morgan fingerprint density at radius 3 is 2.54 bits per heavy atom. The van der Waals surface area contributed by atoms with Gasteiger partial charge < -0.3 is 14.6 Å². The van der Waals surface area contributed by atoms with E-state index in [4.69, 9.17) is 14.5 Å². The first-order valence-electron chi connectivity index (χ1n) is 13.0. The Kier molecular flexibility index (Phi) is 3.99. The minimum atomic E-state index is -1.25. The second kappa shape index (κ2) is 6.85. The fraction of sp³-hybridized carbons (Fsp3) is 0.312. The Hall–Kier alpha value is -3.54. The summed E-state index contributed by atoms with van der Waals surface area (Å²) in [6, 6.07) is 23.7. The van der Waals surface area contributed by atoms with Gasteiger partial charge in [0.1, 0.15) is 17.4 Å². The zero-order valence-electron chi connectivity index (χ0n) is 21.4.